The third-order valence-corrected chi connectivity index (χ3v) is 2.26. The van der Waals surface area contributed by atoms with Crippen molar-refractivity contribution in [2.45, 2.75) is 39.2 Å². The summed E-state index contributed by atoms with van der Waals surface area (Å²) in [5.74, 6) is 0.717. The van der Waals surface area contributed by atoms with Crippen LogP contribution in [0.15, 0.2) is 0 Å². The van der Waals surface area contributed by atoms with E-state index in [1.54, 1.807) is 0 Å². The van der Waals surface area contributed by atoms with Crippen LogP contribution in [0.25, 0.3) is 0 Å². The maximum absolute atomic E-state index is 11.4. The van der Waals surface area contributed by atoms with Crippen molar-refractivity contribution in [3.8, 4) is 0 Å². The highest BCUT2D eigenvalue weighted by atomic mass is 16.5. The highest BCUT2D eigenvalue weighted by molar-refractivity contribution is 5.76. The van der Waals surface area contributed by atoms with Gasteiger partial charge in [0, 0.05) is 25.7 Å². The van der Waals surface area contributed by atoms with Gasteiger partial charge in [0.05, 0.1) is 0 Å². The first kappa shape index (κ1) is 10.5. The topological polar surface area (TPSA) is 38.3 Å². The molecule has 1 heterocycles. The summed E-state index contributed by atoms with van der Waals surface area (Å²) in [6, 6.07) is 0.257. The fourth-order valence-electron chi connectivity index (χ4n) is 1.59. The minimum absolute atomic E-state index is 0.182. The van der Waals surface area contributed by atoms with Crippen molar-refractivity contribution in [2.24, 2.45) is 5.92 Å². The Kier molecular flexibility index (Phi) is 4.22. The molecule has 13 heavy (non-hydrogen) atoms. The summed E-state index contributed by atoms with van der Waals surface area (Å²) in [5, 5.41) is 2.91. The number of carbonyl (C=O) groups is 1. The van der Waals surface area contributed by atoms with Crippen LogP contribution >= 0.6 is 0 Å². The molecule has 0 spiro atoms. The first-order valence-corrected chi connectivity index (χ1v) is 5.05. The average Bonchev–Trinajstić information content (AvgIpc) is 2.04. The van der Waals surface area contributed by atoms with Crippen molar-refractivity contribution in [1.82, 2.24) is 5.32 Å². The molecule has 0 unspecified atom stereocenters. The zero-order valence-corrected chi connectivity index (χ0v) is 8.51. The Balaban J connectivity index is 2.18. The molecule has 0 atom stereocenters. The highest BCUT2D eigenvalue weighted by Gasteiger charge is 2.17. The average molecular weight is 185 g/mol. The van der Waals surface area contributed by atoms with Gasteiger partial charge >= 0.3 is 0 Å². The van der Waals surface area contributed by atoms with Crippen molar-refractivity contribution < 1.29 is 9.53 Å². The Morgan fingerprint density at radius 1 is 1.46 bits per heavy atom. The molecule has 0 radical (unpaired) electrons. The molecule has 0 aromatic heterocycles. The van der Waals surface area contributed by atoms with Crippen molar-refractivity contribution >= 4 is 5.91 Å². The maximum atomic E-state index is 11.4. The zero-order valence-electron chi connectivity index (χ0n) is 8.51. The minimum atomic E-state index is 0.182. The molecule has 1 aliphatic rings. The summed E-state index contributed by atoms with van der Waals surface area (Å²) in [4.78, 5) is 11.4. The summed E-state index contributed by atoms with van der Waals surface area (Å²) in [5.41, 5.74) is 0. The van der Waals surface area contributed by atoms with Crippen molar-refractivity contribution in [3.05, 3.63) is 0 Å². The Morgan fingerprint density at radius 2 is 2.08 bits per heavy atom. The molecule has 0 aliphatic carbocycles. The van der Waals surface area contributed by atoms with Crippen LogP contribution < -0.4 is 5.32 Å². The summed E-state index contributed by atoms with van der Waals surface area (Å²) in [6.07, 6.45) is 2.73. The summed E-state index contributed by atoms with van der Waals surface area (Å²) < 4.78 is 5.23. The van der Waals surface area contributed by atoms with Gasteiger partial charge in [-0.25, -0.2) is 0 Å². The fourth-order valence-corrected chi connectivity index (χ4v) is 1.59. The first-order valence-electron chi connectivity index (χ1n) is 5.05. The lowest BCUT2D eigenvalue weighted by atomic mass is 9.96. The molecule has 1 saturated heterocycles. The van der Waals surface area contributed by atoms with Crippen molar-refractivity contribution in [3.63, 3.8) is 0 Å². The van der Waals surface area contributed by atoms with E-state index < -0.39 is 0 Å². The van der Waals surface area contributed by atoms with Gasteiger partial charge in [0.1, 0.15) is 0 Å². The van der Waals surface area contributed by atoms with Crippen molar-refractivity contribution in [1.29, 1.82) is 0 Å². The number of nitrogens with one attached hydrogen (secondary N) is 1. The van der Waals surface area contributed by atoms with Crippen LogP contribution in [0.1, 0.15) is 33.1 Å². The summed E-state index contributed by atoms with van der Waals surface area (Å²) in [6.45, 7) is 5.61. The van der Waals surface area contributed by atoms with E-state index in [1.165, 1.54) is 0 Å². The Hall–Kier alpha value is -0.570. The smallest absolute Gasteiger partial charge is 0.220 e. The number of amides is 1. The quantitative estimate of drug-likeness (QED) is 0.720. The third kappa shape index (κ3) is 4.27. The van der Waals surface area contributed by atoms with Gasteiger partial charge in [-0.05, 0) is 32.6 Å². The lowest BCUT2D eigenvalue weighted by Gasteiger charge is -2.21. The summed E-state index contributed by atoms with van der Waals surface area (Å²) >= 11 is 0. The van der Waals surface area contributed by atoms with E-state index in [1.807, 2.05) is 13.8 Å². The molecule has 0 saturated carbocycles. The lowest BCUT2D eigenvalue weighted by molar-refractivity contribution is -0.123. The number of hydrogen-bond donors (Lipinski definition) is 1. The molecule has 1 aliphatic heterocycles. The van der Waals surface area contributed by atoms with Gasteiger partial charge in [0.15, 0.2) is 0 Å². The molecule has 0 aromatic carbocycles. The molecular formula is C10H19NO2. The normalized spacial score (nSPS) is 19.0. The Bertz CT molecular complexity index is 162. The van der Waals surface area contributed by atoms with Crippen LogP contribution in [-0.4, -0.2) is 25.2 Å². The molecule has 1 rings (SSSR count). The maximum Gasteiger partial charge on any atom is 0.220 e. The third-order valence-electron chi connectivity index (χ3n) is 2.26. The standard InChI is InChI=1S/C10H19NO2/c1-8(2)11-10(12)7-9-3-5-13-6-4-9/h8-9H,3-7H2,1-2H3,(H,11,12). The van der Waals surface area contributed by atoms with Gasteiger partial charge in [0.2, 0.25) is 5.91 Å². The largest absolute Gasteiger partial charge is 0.381 e. The predicted molar refractivity (Wildman–Crippen MR) is 51.4 cm³/mol. The van der Waals surface area contributed by atoms with Gasteiger partial charge in [-0.2, -0.15) is 0 Å². The number of ether oxygens (including phenoxy) is 1. The van der Waals surface area contributed by atoms with Gasteiger partial charge in [-0.15, -0.1) is 0 Å². The van der Waals surface area contributed by atoms with Crippen LogP contribution in [0.3, 0.4) is 0 Å². The molecule has 1 N–H and O–H groups in total. The van der Waals surface area contributed by atoms with E-state index in [-0.39, 0.29) is 11.9 Å². The van der Waals surface area contributed by atoms with E-state index in [2.05, 4.69) is 5.32 Å². The molecule has 1 amide bonds. The van der Waals surface area contributed by atoms with Crippen LogP contribution in [-0.2, 0) is 9.53 Å². The first-order chi connectivity index (χ1) is 6.18. The molecule has 76 valence electrons. The van der Waals surface area contributed by atoms with Gasteiger partial charge < -0.3 is 10.1 Å². The Labute approximate surface area is 79.8 Å². The van der Waals surface area contributed by atoms with Gasteiger partial charge in [-0.1, -0.05) is 0 Å². The van der Waals surface area contributed by atoms with Crippen molar-refractivity contribution in [2.75, 3.05) is 13.2 Å². The second-order valence-corrected chi connectivity index (χ2v) is 3.98. The van der Waals surface area contributed by atoms with E-state index >= 15 is 0 Å². The van der Waals surface area contributed by atoms with E-state index in [0.717, 1.165) is 26.1 Å². The highest BCUT2D eigenvalue weighted by Crippen LogP contribution is 2.17. The number of carbonyl (C=O) groups excluding carboxylic acids is 1. The molecular weight excluding hydrogens is 166 g/mol. The number of hydrogen-bond acceptors (Lipinski definition) is 2. The molecule has 3 nitrogen and oxygen atoms in total. The Morgan fingerprint density at radius 3 is 2.62 bits per heavy atom. The molecule has 0 aromatic rings. The van der Waals surface area contributed by atoms with Crippen LogP contribution in [0.5, 0.6) is 0 Å². The van der Waals surface area contributed by atoms with E-state index in [9.17, 15) is 4.79 Å². The van der Waals surface area contributed by atoms with Gasteiger partial charge in [0.25, 0.3) is 0 Å². The van der Waals surface area contributed by atoms with E-state index in [4.69, 9.17) is 4.74 Å². The fraction of sp³-hybridized carbons (Fsp3) is 0.900. The van der Waals surface area contributed by atoms with Crippen LogP contribution in [0.2, 0.25) is 0 Å². The lowest BCUT2D eigenvalue weighted by Crippen LogP contribution is -2.32. The number of rotatable bonds is 3. The zero-order chi connectivity index (χ0) is 9.68. The monoisotopic (exact) mass is 185 g/mol. The predicted octanol–water partition coefficient (Wildman–Crippen LogP) is 1.33. The van der Waals surface area contributed by atoms with E-state index in [0.29, 0.717) is 12.3 Å². The molecule has 0 bridgehead atoms. The molecule has 3 heteroatoms. The van der Waals surface area contributed by atoms with Crippen LogP contribution in [0.4, 0.5) is 0 Å². The molecule has 1 fully saturated rings. The summed E-state index contributed by atoms with van der Waals surface area (Å²) in [7, 11) is 0. The van der Waals surface area contributed by atoms with Gasteiger partial charge in [-0.3, -0.25) is 4.79 Å². The minimum Gasteiger partial charge on any atom is -0.381 e. The second-order valence-electron chi connectivity index (χ2n) is 3.98. The second kappa shape index (κ2) is 5.22. The SMILES string of the molecule is CC(C)NC(=O)CC1CCOCC1. The van der Waals surface area contributed by atoms with Crippen LogP contribution in [0, 0.1) is 5.92 Å².